The van der Waals surface area contributed by atoms with E-state index in [0.29, 0.717) is 0 Å². The third-order valence-electron chi connectivity index (χ3n) is 6.78. The van der Waals surface area contributed by atoms with Crippen LogP contribution < -0.4 is 5.32 Å². The van der Waals surface area contributed by atoms with Crippen molar-refractivity contribution in [2.75, 3.05) is 79.5 Å². The zero-order valence-electron chi connectivity index (χ0n) is 16.2. The maximum Gasteiger partial charge on any atom is 0.0261 e. The molecule has 0 radical (unpaired) electrons. The number of likely N-dealkylation sites (tertiary alicyclic amines) is 1. The van der Waals surface area contributed by atoms with Gasteiger partial charge in [-0.25, -0.2) is 0 Å². The fraction of sp³-hybridized carbons (Fsp3) is 1.00. The zero-order valence-corrected chi connectivity index (χ0v) is 16.2. The molecule has 140 valence electrons. The molecule has 0 saturated carbocycles. The van der Waals surface area contributed by atoms with E-state index >= 15 is 0 Å². The van der Waals surface area contributed by atoms with E-state index < -0.39 is 0 Å². The molecule has 3 aliphatic heterocycles. The molecular weight excluding hydrogens is 298 g/mol. The number of nitrogens with one attached hydrogen (secondary N) is 1. The molecule has 5 heteroatoms. The van der Waals surface area contributed by atoms with E-state index in [0.717, 1.165) is 18.0 Å². The molecule has 0 aromatic rings. The molecule has 1 N–H and O–H groups in total. The van der Waals surface area contributed by atoms with Gasteiger partial charge in [-0.2, -0.15) is 0 Å². The van der Waals surface area contributed by atoms with Crippen LogP contribution in [0.2, 0.25) is 0 Å². The molecule has 3 saturated heterocycles. The van der Waals surface area contributed by atoms with Crippen LogP contribution in [0.3, 0.4) is 0 Å². The molecule has 2 atom stereocenters. The third kappa shape index (κ3) is 4.70. The van der Waals surface area contributed by atoms with Crippen molar-refractivity contribution in [1.29, 1.82) is 0 Å². The Kier molecular flexibility index (Phi) is 6.93. The first-order valence-electron chi connectivity index (χ1n) is 10.2. The fourth-order valence-corrected chi connectivity index (χ4v) is 4.88. The zero-order chi connectivity index (χ0) is 16.9. The van der Waals surface area contributed by atoms with Gasteiger partial charge >= 0.3 is 0 Å². The molecule has 3 aliphatic rings. The smallest absolute Gasteiger partial charge is 0.0261 e. The van der Waals surface area contributed by atoms with E-state index in [2.05, 4.69) is 45.9 Å². The van der Waals surface area contributed by atoms with Crippen LogP contribution in [0.25, 0.3) is 0 Å². The lowest BCUT2D eigenvalue weighted by Gasteiger charge is -2.46. The van der Waals surface area contributed by atoms with Crippen molar-refractivity contribution in [2.24, 2.45) is 5.92 Å². The molecule has 24 heavy (non-hydrogen) atoms. The normalized spacial score (nSPS) is 32.5. The van der Waals surface area contributed by atoms with Crippen molar-refractivity contribution in [1.82, 2.24) is 24.9 Å². The lowest BCUT2D eigenvalue weighted by molar-refractivity contribution is 0.0393. The third-order valence-corrected chi connectivity index (χ3v) is 6.78. The van der Waals surface area contributed by atoms with Crippen LogP contribution in [0, 0.1) is 5.92 Å². The molecule has 2 unspecified atom stereocenters. The summed E-state index contributed by atoms with van der Waals surface area (Å²) in [6.07, 6.45) is 4.02. The highest BCUT2D eigenvalue weighted by Crippen LogP contribution is 2.24. The number of nitrogens with zero attached hydrogens (tertiary/aromatic N) is 4. The van der Waals surface area contributed by atoms with E-state index in [1.54, 1.807) is 0 Å². The summed E-state index contributed by atoms with van der Waals surface area (Å²) in [7, 11) is 4.66. The molecule has 0 aromatic heterocycles. The molecule has 3 rings (SSSR count). The first-order chi connectivity index (χ1) is 11.7. The van der Waals surface area contributed by atoms with Crippen LogP contribution in [0.1, 0.15) is 26.2 Å². The van der Waals surface area contributed by atoms with Crippen LogP contribution in [0.5, 0.6) is 0 Å². The largest absolute Gasteiger partial charge is 0.315 e. The second-order valence-electron chi connectivity index (χ2n) is 8.26. The van der Waals surface area contributed by atoms with Crippen LogP contribution in [-0.4, -0.2) is 111 Å². The van der Waals surface area contributed by atoms with Gasteiger partial charge < -0.3 is 20.0 Å². The minimum Gasteiger partial charge on any atom is -0.315 e. The van der Waals surface area contributed by atoms with Crippen LogP contribution in [-0.2, 0) is 0 Å². The van der Waals surface area contributed by atoms with Crippen molar-refractivity contribution in [3.05, 3.63) is 0 Å². The van der Waals surface area contributed by atoms with Crippen molar-refractivity contribution < 1.29 is 0 Å². The second-order valence-corrected chi connectivity index (χ2v) is 8.26. The van der Waals surface area contributed by atoms with E-state index in [1.165, 1.54) is 84.7 Å². The highest BCUT2D eigenvalue weighted by Gasteiger charge is 2.34. The Balaban J connectivity index is 1.53. The van der Waals surface area contributed by atoms with E-state index in [1.807, 2.05) is 0 Å². The predicted molar refractivity (Wildman–Crippen MR) is 102 cm³/mol. The van der Waals surface area contributed by atoms with Gasteiger partial charge in [0, 0.05) is 51.4 Å². The Morgan fingerprint density at radius 1 is 0.958 bits per heavy atom. The summed E-state index contributed by atoms with van der Waals surface area (Å²) in [4.78, 5) is 10.5. The van der Waals surface area contributed by atoms with Crippen LogP contribution in [0.4, 0.5) is 0 Å². The Bertz CT molecular complexity index is 361. The summed E-state index contributed by atoms with van der Waals surface area (Å²) in [5.74, 6) is 0.837. The summed E-state index contributed by atoms with van der Waals surface area (Å²) in [5.41, 5.74) is 0. The monoisotopic (exact) mass is 337 g/mol. The number of hydrogen-bond acceptors (Lipinski definition) is 5. The van der Waals surface area contributed by atoms with Gasteiger partial charge in [-0.1, -0.05) is 6.92 Å². The van der Waals surface area contributed by atoms with E-state index in [-0.39, 0.29) is 0 Å². The Hall–Kier alpha value is -0.200. The molecule has 0 aromatic carbocycles. The Labute approximate surface area is 149 Å². The lowest BCUT2D eigenvalue weighted by Crippen LogP contribution is -2.58. The van der Waals surface area contributed by atoms with Crippen molar-refractivity contribution in [3.63, 3.8) is 0 Å². The topological polar surface area (TPSA) is 25.0 Å². The fourth-order valence-electron chi connectivity index (χ4n) is 4.88. The summed E-state index contributed by atoms with van der Waals surface area (Å²) >= 11 is 0. The van der Waals surface area contributed by atoms with Gasteiger partial charge in [0.05, 0.1) is 0 Å². The minimum absolute atomic E-state index is 0.719. The van der Waals surface area contributed by atoms with Gasteiger partial charge in [-0.15, -0.1) is 0 Å². The molecule has 0 aliphatic carbocycles. The van der Waals surface area contributed by atoms with E-state index in [9.17, 15) is 0 Å². The van der Waals surface area contributed by atoms with Gasteiger partial charge in [0.2, 0.25) is 0 Å². The minimum atomic E-state index is 0.719. The maximum absolute atomic E-state index is 3.67. The first kappa shape index (κ1) is 18.6. The average Bonchev–Trinajstić information content (AvgIpc) is 2.63. The van der Waals surface area contributed by atoms with Crippen LogP contribution in [0.15, 0.2) is 0 Å². The molecule has 5 nitrogen and oxygen atoms in total. The molecule has 3 fully saturated rings. The second kappa shape index (κ2) is 8.95. The number of hydrogen-bond donors (Lipinski definition) is 1. The molecule has 0 amide bonds. The maximum atomic E-state index is 3.67. The summed E-state index contributed by atoms with van der Waals surface area (Å²) < 4.78 is 0. The van der Waals surface area contributed by atoms with Crippen molar-refractivity contribution in [3.8, 4) is 0 Å². The molecule has 0 spiro atoms. The van der Waals surface area contributed by atoms with Gasteiger partial charge in [-0.3, -0.25) is 4.90 Å². The molecular formula is C19H39N5. The van der Waals surface area contributed by atoms with Gasteiger partial charge in [0.25, 0.3) is 0 Å². The quantitative estimate of drug-likeness (QED) is 0.793. The SMILES string of the molecule is CCN1CCN(CC2CCNCC2N(C)C2CCN(C)CC2)CC1. The first-order valence-corrected chi connectivity index (χ1v) is 10.2. The summed E-state index contributed by atoms with van der Waals surface area (Å²) in [6, 6.07) is 1.50. The van der Waals surface area contributed by atoms with Gasteiger partial charge in [0.15, 0.2) is 0 Å². The highest BCUT2D eigenvalue weighted by atomic mass is 15.3. The predicted octanol–water partition coefficient (Wildman–Crippen LogP) is 0.628. The van der Waals surface area contributed by atoms with Gasteiger partial charge in [-0.05, 0) is 65.5 Å². The number of piperazine rings is 1. The molecule has 0 bridgehead atoms. The van der Waals surface area contributed by atoms with Crippen molar-refractivity contribution >= 4 is 0 Å². The number of likely N-dealkylation sites (N-methyl/N-ethyl adjacent to an activating group) is 2. The van der Waals surface area contributed by atoms with Crippen molar-refractivity contribution in [2.45, 2.75) is 38.3 Å². The standard InChI is InChI=1S/C19H39N5/c1-4-23-11-13-24(14-12-23)16-17-5-8-20-15-19(17)22(3)18-6-9-21(2)10-7-18/h17-20H,4-16H2,1-3H3. The van der Waals surface area contributed by atoms with Gasteiger partial charge in [0.1, 0.15) is 0 Å². The molecule has 3 heterocycles. The number of piperidine rings is 2. The number of rotatable bonds is 5. The average molecular weight is 338 g/mol. The van der Waals surface area contributed by atoms with E-state index in [4.69, 9.17) is 0 Å². The lowest BCUT2D eigenvalue weighted by atomic mass is 9.88. The Morgan fingerprint density at radius 2 is 1.62 bits per heavy atom. The van der Waals surface area contributed by atoms with Crippen LogP contribution >= 0.6 is 0 Å². The summed E-state index contributed by atoms with van der Waals surface area (Å²) in [5, 5.41) is 3.67. The highest BCUT2D eigenvalue weighted by molar-refractivity contribution is 4.91. The Morgan fingerprint density at radius 3 is 2.29 bits per heavy atom. The summed E-state index contributed by atoms with van der Waals surface area (Å²) in [6.45, 7) is 14.8.